The van der Waals surface area contributed by atoms with E-state index in [0.29, 0.717) is 5.15 Å². The van der Waals surface area contributed by atoms with Gasteiger partial charge in [0, 0.05) is 5.56 Å². The maximum absolute atomic E-state index is 10.2. The highest BCUT2D eigenvalue weighted by Crippen LogP contribution is 2.25. The molecule has 2 unspecified atom stereocenters. The number of aliphatic hydroxyl groups is 1. The van der Waals surface area contributed by atoms with Crippen LogP contribution in [0.3, 0.4) is 0 Å². The van der Waals surface area contributed by atoms with Crippen LogP contribution in [0.25, 0.3) is 0 Å². The predicted molar refractivity (Wildman–Crippen MR) is 77.5 cm³/mol. The number of nitrogens with one attached hydrogen (secondary N) is 1. The SMILES string of the molecule is CCCc1c(Cl)ncnc1NC1CCCCCC1O. The van der Waals surface area contributed by atoms with Crippen LogP contribution in [0, 0.1) is 0 Å². The van der Waals surface area contributed by atoms with E-state index in [1.165, 1.54) is 12.7 Å². The van der Waals surface area contributed by atoms with Gasteiger partial charge >= 0.3 is 0 Å². The summed E-state index contributed by atoms with van der Waals surface area (Å²) in [6.45, 7) is 2.10. The van der Waals surface area contributed by atoms with Crippen molar-refractivity contribution >= 4 is 17.4 Å². The Bertz CT molecular complexity index is 414. The van der Waals surface area contributed by atoms with E-state index in [4.69, 9.17) is 11.6 Å². The van der Waals surface area contributed by atoms with Gasteiger partial charge in [-0.05, 0) is 19.3 Å². The lowest BCUT2D eigenvalue weighted by atomic mass is 10.1. The minimum Gasteiger partial charge on any atom is -0.391 e. The van der Waals surface area contributed by atoms with Crippen LogP contribution in [0.15, 0.2) is 6.33 Å². The van der Waals surface area contributed by atoms with Gasteiger partial charge in [0.15, 0.2) is 0 Å². The molecule has 1 saturated carbocycles. The summed E-state index contributed by atoms with van der Waals surface area (Å²) >= 11 is 6.14. The van der Waals surface area contributed by atoms with Crippen molar-refractivity contribution in [3.8, 4) is 0 Å². The molecule has 0 bridgehead atoms. The fourth-order valence-electron chi connectivity index (χ4n) is 2.62. The monoisotopic (exact) mass is 283 g/mol. The first-order valence-electron chi connectivity index (χ1n) is 7.16. The van der Waals surface area contributed by atoms with Crippen LogP contribution in [-0.2, 0) is 6.42 Å². The first-order chi connectivity index (χ1) is 9.22. The maximum atomic E-state index is 10.2. The fourth-order valence-corrected chi connectivity index (χ4v) is 2.85. The Hall–Kier alpha value is -0.870. The molecule has 2 N–H and O–H groups in total. The molecule has 0 radical (unpaired) electrons. The lowest BCUT2D eigenvalue weighted by Crippen LogP contribution is -2.33. The second kappa shape index (κ2) is 7.06. The zero-order chi connectivity index (χ0) is 13.7. The first-order valence-corrected chi connectivity index (χ1v) is 7.54. The Morgan fingerprint density at radius 1 is 1.32 bits per heavy atom. The number of anilines is 1. The highest BCUT2D eigenvalue weighted by Gasteiger charge is 2.23. The third-order valence-corrected chi connectivity index (χ3v) is 4.02. The topological polar surface area (TPSA) is 58.0 Å². The molecule has 106 valence electrons. The Labute approximate surface area is 119 Å². The van der Waals surface area contributed by atoms with Crippen molar-refractivity contribution in [2.45, 2.75) is 64.0 Å². The summed E-state index contributed by atoms with van der Waals surface area (Å²) in [6.07, 6.45) is 8.32. The van der Waals surface area contributed by atoms with E-state index in [-0.39, 0.29) is 12.1 Å². The number of halogens is 1. The van der Waals surface area contributed by atoms with Gasteiger partial charge in [0.25, 0.3) is 0 Å². The van der Waals surface area contributed by atoms with Crippen LogP contribution in [0.1, 0.15) is 51.0 Å². The van der Waals surface area contributed by atoms with Gasteiger partial charge in [-0.3, -0.25) is 0 Å². The number of hydrogen-bond donors (Lipinski definition) is 2. The maximum Gasteiger partial charge on any atom is 0.137 e. The van der Waals surface area contributed by atoms with E-state index in [0.717, 1.165) is 49.9 Å². The van der Waals surface area contributed by atoms with E-state index < -0.39 is 0 Å². The lowest BCUT2D eigenvalue weighted by molar-refractivity contribution is 0.144. The van der Waals surface area contributed by atoms with E-state index in [1.807, 2.05) is 0 Å². The molecule has 1 fully saturated rings. The second-order valence-corrected chi connectivity index (χ2v) is 5.56. The smallest absolute Gasteiger partial charge is 0.137 e. The second-order valence-electron chi connectivity index (χ2n) is 5.20. The van der Waals surface area contributed by atoms with Crippen molar-refractivity contribution in [1.82, 2.24) is 9.97 Å². The quantitative estimate of drug-likeness (QED) is 0.658. The minimum absolute atomic E-state index is 0.0732. The minimum atomic E-state index is -0.300. The molecule has 2 atom stereocenters. The molecule has 2 rings (SSSR count). The average molecular weight is 284 g/mol. The Morgan fingerprint density at radius 3 is 2.89 bits per heavy atom. The number of rotatable bonds is 4. The number of nitrogens with zero attached hydrogens (tertiary/aromatic N) is 2. The van der Waals surface area contributed by atoms with Crippen LogP contribution in [0.5, 0.6) is 0 Å². The van der Waals surface area contributed by atoms with E-state index in [9.17, 15) is 5.11 Å². The number of aromatic nitrogens is 2. The summed E-state index contributed by atoms with van der Waals surface area (Å²) in [4.78, 5) is 8.34. The third-order valence-electron chi connectivity index (χ3n) is 3.69. The molecule has 4 nitrogen and oxygen atoms in total. The summed E-state index contributed by atoms with van der Waals surface area (Å²) in [7, 11) is 0. The van der Waals surface area contributed by atoms with E-state index in [2.05, 4.69) is 22.2 Å². The standard InChI is InChI=1S/C14H22ClN3O/c1-2-6-10-13(15)16-9-17-14(10)18-11-7-4-3-5-8-12(11)19/h9,11-12,19H,2-8H2,1H3,(H,16,17,18). The van der Waals surface area contributed by atoms with Crippen molar-refractivity contribution in [1.29, 1.82) is 0 Å². The van der Waals surface area contributed by atoms with Gasteiger partial charge in [0.05, 0.1) is 12.1 Å². The molecule has 19 heavy (non-hydrogen) atoms. The molecule has 0 spiro atoms. The van der Waals surface area contributed by atoms with E-state index in [1.54, 1.807) is 0 Å². The van der Waals surface area contributed by atoms with Gasteiger partial charge in [0.2, 0.25) is 0 Å². The fraction of sp³-hybridized carbons (Fsp3) is 0.714. The van der Waals surface area contributed by atoms with Gasteiger partial charge < -0.3 is 10.4 Å². The van der Waals surface area contributed by atoms with Gasteiger partial charge in [-0.2, -0.15) is 0 Å². The molecule has 0 amide bonds. The third kappa shape index (κ3) is 3.80. The van der Waals surface area contributed by atoms with Crippen molar-refractivity contribution in [2.75, 3.05) is 5.32 Å². The first kappa shape index (κ1) is 14.5. The zero-order valence-corrected chi connectivity index (χ0v) is 12.2. The normalized spacial score (nSPS) is 23.9. The summed E-state index contributed by atoms with van der Waals surface area (Å²) in [5.74, 6) is 0.785. The molecule has 0 aromatic carbocycles. The van der Waals surface area contributed by atoms with Gasteiger partial charge in [-0.15, -0.1) is 0 Å². The zero-order valence-electron chi connectivity index (χ0n) is 11.4. The van der Waals surface area contributed by atoms with Crippen molar-refractivity contribution in [2.24, 2.45) is 0 Å². The highest BCUT2D eigenvalue weighted by molar-refractivity contribution is 6.30. The largest absolute Gasteiger partial charge is 0.391 e. The van der Waals surface area contributed by atoms with Crippen molar-refractivity contribution in [3.05, 3.63) is 17.0 Å². The predicted octanol–water partition coefficient (Wildman–Crippen LogP) is 3.19. The molecule has 1 aromatic heterocycles. The molecule has 1 aliphatic rings. The molecule has 1 heterocycles. The van der Waals surface area contributed by atoms with Crippen LogP contribution in [0.2, 0.25) is 5.15 Å². The van der Waals surface area contributed by atoms with Gasteiger partial charge in [-0.25, -0.2) is 9.97 Å². The van der Waals surface area contributed by atoms with Crippen molar-refractivity contribution in [3.63, 3.8) is 0 Å². The molecule has 1 aliphatic carbocycles. The summed E-state index contributed by atoms with van der Waals surface area (Å²) in [5.41, 5.74) is 0.961. The van der Waals surface area contributed by atoms with Crippen LogP contribution < -0.4 is 5.32 Å². The molecular formula is C14H22ClN3O. The van der Waals surface area contributed by atoms with Crippen LogP contribution >= 0.6 is 11.6 Å². The molecule has 5 heteroatoms. The summed E-state index contributed by atoms with van der Waals surface area (Å²) in [6, 6.07) is 0.0732. The molecular weight excluding hydrogens is 262 g/mol. The van der Waals surface area contributed by atoms with Crippen molar-refractivity contribution < 1.29 is 5.11 Å². The highest BCUT2D eigenvalue weighted by atomic mass is 35.5. The van der Waals surface area contributed by atoms with Gasteiger partial charge in [-0.1, -0.05) is 44.2 Å². The Kier molecular flexibility index (Phi) is 5.40. The Balaban J connectivity index is 2.15. The molecule has 0 aliphatic heterocycles. The van der Waals surface area contributed by atoms with E-state index >= 15 is 0 Å². The number of aliphatic hydroxyl groups excluding tert-OH is 1. The average Bonchev–Trinajstić information content (AvgIpc) is 2.59. The van der Waals surface area contributed by atoms with Gasteiger partial charge in [0.1, 0.15) is 17.3 Å². The number of hydrogen-bond acceptors (Lipinski definition) is 4. The summed E-state index contributed by atoms with van der Waals surface area (Å²) in [5, 5.41) is 14.1. The Morgan fingerprint density at radius 2 is 2.11 bits per heavy atom. The van der Waals surface area contributed by atoms with Crippen LogP contribution in [-0.4, -0.2) is 27.2 Å². The summed E-state index contributed by atoms with van der Waals surface area (Å²) < 4.78 is 0. The lowest BCUT2D eigenvalue weighted by Gasteiger charge is -2.23. The molecule has 1 aromatic rings. The molecule has 0 saturated heterocycles. The van der Waals surface area contributed by atoms with Crippen LogP contribution in [0.4, 0.5) is 5.82 Å².